The fourth-order valence-corrected chi connectivity index (χ4v) is 2.21. The molecule has 2 rings (SSSR count). The summed E-state index contributed by atoms with van der Waals surface area (Å²) in [7, 11) is 1.61. The number of nitrogens with one attached hydrogen (secondary N) is 1. The van der Waals surface area contributed by atoms with Crippen LogP contribution in [0.5, 0.6) is 5.75 Å². The molecule has 0 aliphatic rings. The van der Waals surface area contributed by atoms with E-state index in [0.29, 0.717) is 11.6 Å². The third-order valence-electron chi connectivity index (χ3n) is 2.47. The van der Waals surface area contributed by atoms with Gasteiger partial charge in [-0.3, -0.25) is 0 Å². The highest BCUT2D eigenvalue weighted by Crippen LogP contribution is 2.26. The number of methoxy groups -OCH3 is 1. The minimum absolute atomic E-state index is 0.241. The summed E-state index contributed by atoms with van der Waals surface area (Å²) in [5, 5.41) is 3.11. The number of hydrogen-bond donors (Lipinski definition) is 2. The molecule has 7 heteroatoms. The number of nitrogens with zero attached hydrogens (tertiary/aromatic N) is 2. The van der Waals surface area contributed by atoms with Crippen LogP contribution in [-0.4, -0.2) is 22.1 Å². The van der Waals surface area contributed by atoms with Crippen LogP contribution >= 0.6 is 28.1 Å². The Morgan fingerprint density at radius 2 is 2.05 bits per heavy atom. The molecular formula is C13H13BrN4OS. The van der Waals surface area contributed by atoms with Crippen LogP contribution in [-0.2, 0) is 0 Å². The lowest BCUT2D eigenvalue weighted by molar-refractivity contribution is 0.415. The maximum Gasteiger partial charge on any atom is 0.228 e. The number of anilines is 2. The summed E-state index contributed by atoms with van der Waals surface area (Å²) in [4.78, 5) is 8.81. The number of aromatic nitrogens is 2. The molecule has 0 aliphatic carbocycles. The standard InChI is InChI=1S/C13H13BrN4OS/c1-7-3-11(12(15)20)18-13(16-7)17-9-4-8(14)5-10(6-9)19-2/h3-6H,1-2H3,(H2,15,20)(H,16,17,18). The summed E-state index contributed by atoms with van der Waals surface area (Å²) in [5.41, 5.74) is 7.73. The van der Waals surface area contributed by atoms with Gasteiger partial charge in [-0.05, 0) is 25.1 Å². The van der Waals surface area contributed by atoms with Gasteiger partial charge in [-0.25, -0.2) is 9.97 Å². The van der Waals surface area contributed by atoms with Crippen LogP contribution in [0.2, 0.25) is 0 Å². The molecule has 5 nitrogen and oxygen atoms in total. The first-order valence-corrected chi connectivity index (χ1v) is 6.95. The predicted octanol–water partition coefficient (Wildman–Crippen LogP) is 2.93. The summed E-state index contributed by atoms with van der Waals surface area (Å²) < 4.78 is 6.10. The number of rotatable bonds is 4. The summed E-state index contributed by atoms with van der Waals surface area (Å²) in [6, 6.07) is 7.35. The number of hydrogen-bond acceptors (Lipinski definition) is 5. The van der Waals surface area contributed by atoms with Crippen LogP contribution in [0.1, 0.15) is 11.4 Å². The molecule has 0 spiro atoms. The summed E-state index contributed by atoms with van der Waals surface area (Å²) >= 11 is 8.36. The maximum atomic E-state index is 5.60. The molecule has 104 valence electrons. The SMILES string of the molecule is COc1cc(Br)cc(Nc2nc(C)cc(C(N)=S)n2)c1. The summed E-state index contributed by atoms with van der Waals surface area (Å²) in [5.74, 6) is 1.16. The fourth-order valence-electron chi connectivity index (χ4n) is 1.63. The number of thiocarbonyl (C=S) groups is 1. The number of benzene rings is 1. The van der Waals surface area contributed by atoms with Gasteiger partial charge in [-0.2, -0.15) is 0 Å². The van der Waals surface area contributed by atoms with Crippen molar-refractivity contribution in [1.29, 1.82) is 0 Å². The van der Waals surface area contributed by atoms with E-state index in [1.54, 1.807) is 13.2 Å². The normalized spacial score (nSPS) is 10.2. The number of nitrogens with two attached hydrogens (primary N) is 1. The van der Waals surface area contributed by atoms with Gasteiger partial charge < -0.3 is 15.8 Å². The number of ether oxygens (including phenoxy) is 1. The van der Waals surface area contributed by atoms with Crippen molar-refractivity contribution >= 4 is 44.8 Å². The lowest BCUT2D eigenvalue weighted by Crippen LogP contribution is -2.13. The second kappa shape index (κ2) is 6.15. The van der Waals surface area contributed by atoms with E-state index in [2.05, 4.69) is 31.2 Å². The minimum atomic E-state index is 0.241. The fraction of sp³-hybridized carbons (Fsp3) is 0.154. The maximum absolute atomic E-state index is 5.60. The van der Waals surface area contributed by atoms with Crippen LogP contribution in [0.4, 0.5) is 11.6 Å². The van der Waals surface area contributed by atoms with E-state index in [1.807, 2.05) is 25.1 Å². The van der Waals surface area contributed by atoms with Crippen LogP contribution in [0, 0.1) is 6.92 Å². The van der Waals surface area contributed by atoms with E-state index >= 15 is 0 Å². The van der Waals surface area contributed by atoms with E-state index < -0.39 is 0 Å². The molecule has 20 heavy (non-hydrogen) atoms. The number of aryl methyl sites for hydroxylation is 1. The van der Waals surface area contributed by atoms with Gasteiger partial charge in [-0.1, -0.05) is 28.1 Å². The van der Waals surface area contributed by atoms with Gasteiger partial charge in [-0.15, -0.1) is 0 Å². The number of halogens is 1. The molecule has 1 aromatic carbocycles. The Morgan fingerprint density at radius 1 is 1.30 bits per heavy atom. The average Bonchev–Trinajstić information content (AvgIpc) is 2.37. The Labute approximate surface area is 130 Å². The van der Waals surface area contributed by atoms with Crippen LogP contribution in [0.15, 0.2) is 28.7 Å². The highest BCUT2D eigenvalue weighted by Gasteiger charge is 2.06. The van der Waals surface area contributed by atoms with Gasteiger partial charge >= 0.3 is 0 Å². The van der Waals surface area contributed by atoms with Crippen molar-refractivity contribution in [2.45, 2.75) is 6.92 Å². The molecule has 0 bridgehead atoms. The van der Waals surface area contributed by atoms with Crippen molar-refractivity contribution in [3.63, 3.8) is 0 Å². The Bertz CT molecular complexity index is 663. The quantitative estimate of drug-likeness (QED) is 0.824. The zero-order chi connectivity index (χ0) is 14.7. The molecule has 0 radical (unpaired) electrons. The first kappa shape index (κ1) is 14.7. The summed E-state index contributed by atoms with van der Waals surface area (Å²) in [6.45, 7) is 1.86. The highest BCUT2D eigenvalue weighted by atomic mass is 79.9. The highest BCUT2D eigenvalue weighted by molar-refractivity contribution is 9.10. The Morgan fingerprint density at radius 3 is 2.70 bits per heavy atom. The third kappa shape index (κ3) is 3.64. The molecule has 0 saturated carbocycles. The molecule has 0 saturated heterocycles. The van der Waals surface area contributed by atoms with Gasteiger partial charge in [0.2, 0.25) is 5.95 Å². The molecule has 0 unspecified atom stereocenters. The topological polar surface area (TPSA) is 73.1 Å². The zero-order valence-corrected chi connectivity index (χ0v) is 13.4. The smallest absolute Gasteiger partial charge is 0.228 e. The van der Waals surface area contributed by atoms with E-state index in [9.17, 15) is 0 Å². The molecule has 1 heterocycles. The molecule has 0 atom stereocenters. The van der Waals surface area contributed by atoms with Crippen molar-refractivity contribution in [3.05, 3.63) is 40.1 Å². The molecule has 0 amide bonds. The Balaban J connectivity index is 2.34. The third-order valence-corrected chi connectivity index (χ3v) is 3.14. The van der Waals surface area contributed by atoms with Gasteiger partial charge in [0.05, 0.1) is 7.11 Å². The second-order valence-corrected chi connectivity index (χ2v) is 5.44. The molecular weight excluding hydrogens is 340 g/mol. The van der Waals surface area contributed by atoms with Gasteiger partial charge in [0.15, 0.2) is 0 Å². The lowest BCUT2D eigenvalue weighted by Gasteiger charge is -2.09. The van der Waals surface area contributed by atoms with Crippen molar-refractivity contribution in [3.8, 4) is 5.75 Å². The summed E-state index contributed by atoms with van der Waals surface area (Å²) in [6.07, 6.45) is 0. The van der Waals surface area contributed by atoms with Crippen molar-refractivity contribution in [2.75, 3.05) is 12.4 Å². The van der Waals surface area contributed by atoms with Crippen molar-refractivity contribution < 1.29 is 4.74 Å². The van der Waals surface area contributed by atoms with Gasteiger partial charge in [0.1, 0.15) is 16.4 Å². The van der Waals surface area contributed by atoms with Crippen LogP contribution < -0.4 is 15.8 Å². The lowest BCUT2D eigenvalue weighted by atomic mass is 10.3. The predicted molar refractivity (Wildman–Crippen MR) is 86.6 cm³/mol. The van der Waals surface area contributed by atoms with Gasteiger partial charge in [0.25, 0.3) is 0 Å². The first-order valence-electron chi connectivity index (χ1n) is 5.75. The first-order chi connectivity index (χ1) is 9.47. The zero-order valence-electron chi connectivity index (χ0n) is 11.0. The van der Waals surface area contributed by atoms with Crippen molar-refractivity contribution in [1.82, 2.24) is 9.97 Å². The average molecular weight is 353 g/mol. The monoisotopic (exact) mass is 352 g/mol. The molecule has 0 aliphatic heterocycles. The van der Waals surface area contributed by atoms with E-state index in [-0.39, 0.29) is 4.99 Å². The minimum Gasteiger partial charge on any atom is -0.497 e. The largest absolute Gasteiger partial charge is 0.497 e. The van der Waals surface area contributed by atoms with E-state index in [0.717, 1.165) is 21.6 Å². The molecule has 2 aromatic rings. The van der Waals surface area contributed by atoms with Crippen LogP contribution in [0.25, 0.3) is 0 Å². The van der Waals surface area contributed by atoms with Crippen LogP contribution in [0.3, 0.4) is 0 Å². The van der Waals surface area contributed by atoms with E-state index in [1.165, 1.54) is 0 Å². The Kier molecular flexibility index (Phi) is 4.51. The van der Waals surface area contributed by atoms with E-state index in [4.69, 9.17) is 22.7 Å². The molecule has 3 N–H and O–H groups in total. The van der Waals surface area contributed by atoms with Gasteiger partial charge in [0, 0.05) is 21.9 Å². The van der Waals surface area contributed by atoms with Crippen molar-refractivity contribution in [2.24, 2.45) is 5.73 Å². The molecule has 1 aromatic heterocycles. The molecule has 0 fully saturated rings. The Hall–Kier alpha value is -1.73. The second-order valence-electron chi connectivity index (χ2n) is 4.09.